The Balaban J connectivity index is 0.000000146. The molecule has 11 aromatic rings. The molecule has 1 aliphatic rings. The highest BCUT2D eigenvalue weighted by Gasteiger charge is 2.26. The second-order valence-corrected chi connectivity index (χ2v) is 26.3. The molecule has 6 aromatic carbocycles. The average Bonchev–Trinajstić information content (AvgIpc) is 1.47. The quantitative estimate of drug-likeness (QED) is 0.178. The number of fused-ring (bicyclic) bond motifs is 4. The summed E-state index contributed by atoms with van der Waals surface area (Å²) in [7, 11) is 0. The number of benzene rings is 6. The van der Waals surface area contributed by atoms with Gasteiger partial charge in [-0.15, -0.1) is 11.3 Å². The first-order chi connectivity index (χ1) is 39.5. The van der Waals surface area contributed by atoms with Crippen LogP contribution in [0.2, 0.25) is 0 Å². The number of hydrogen-bond donors (Lipinski definition) is 1. The minimum absolute atomic E-state index is 0. The van der Waals surface area contributed by atoms with Gasteiger partial charge in [-0.1, -0.05) is 200 Å². The summed E-state index contributed by atoms with van der Waals surface area (Å²) in [6, 6.07) is 51.7. The van der Waals surface area contributed by atoms with Crippen molar-refractivity contribution in [2.45, 2.75) is 133 Å². The standard InChI is InChI=1S/C20H21NO.C18H25N3O.C18H18N2.C16H16N2S.CH4/c1-20(2,3)17-12-18(15-7-5-4-6-8-15)21-19-11-14(13-22)9-10-16(17)19;1-12-10-14-15(11-13(12)2)19-17(20-16(14)18(3,4)5)21-6-8-22-9-7-21;1-18(2,3)16-14-11-7-8-12-15(14)19-17(20-16)13-9-5-4-6-10-13;1-16(2,3)12-8-14(15-9-19-10-17-15)18-13-7-5-4-6-11(12)13;/h4-12,22H,13H2,1-3H3;10-11H,6-9H2,1-5H3;4-12H,1-3H3;4-10H,1-3H3;1H4. The molecule has 0 atom stereocenters. The van der Waals surface area contributed by atoms with E-state index in [9.17, 15) is 5.11 Å². The van der Waals surface area contributed by atoms with Crippen LogP contribution >= 0.6 is 11.3 Å². The number of thiazole rings is 1. The third-order valence-corrected chi connectivity index (χ3v) is 15.4. The Bertz CT molecular complexity index is 4000. The molecule has 0 radical (unpaired) electrons. The summed E-state index contributed by atoms with van der Waals surface area (Å²) in [5, 5.41) is 16.1. The van der Waals surface area contributed by atoms with Crippen molar-refractivity contribution in [1.29, 1.82) is 0 Å². The molecule has 5 aromatic heterocycles. The molecule has 1 fully saturated rings. The topological polar surface area (TPSA) is 123 Å². The Hall–Kier alpha value is -7.83. The maximum absolute atomic E-state index is 9.38. The van der Waals surface area contributed by atoms with Crippen LogP contribution in [0.15, 0.2) is 163 Å². The molecule has 0 amide bonds. The molecule has 0 spiro atoms. The molecule has 0 aliphatic carbocycles. The highest BCUT2D eigenvalue weighted by Crippen LogP contribution is 2.36. The lowest BCUT2D eigenvalue weighted by Crippen LogP contribution is -2.37. The van der Waals surface area contributed by atoms with Gasteiger partial charge >= 0.3 is 0 Å². The van der Waals surface area contributed by atoms with E-state index < -0.39 is 0 Å². The van der Waals surface area contributed by atoms with Crippen molar-refractivity contribution in [1.82, 2.24) is 34.9 Å². The van der Waals surface area contributed by atoms with Crippen molar-refractivity contribution in [3.8, 4) is 34.0 Å². The van der Waals surface area contributed by atoms with E-state index >= 15 is 0 Å². The minimum Gasteiger partial charge on any atom is -0.392 e. The molecule has 6 heterocycles. The number of para-hydroxylation sites is 2. The van der Waals surface area contributed by atoms with Gasteiger partial charge in [0, 0.05) is 62.0 Å². The van der Waals surface area contributed by atoms with Crippen molar-refractivity contribution in [3.05, 3.63) is 202 Å². The lowest BCUT2D eigenvalue weighted by Gasteiger charge is -2.29. The number of aliphatic hydroxyl groups excluding tert-OH is 1. The van der Waals surface area contributed by atoms with E-state index in [0.29, 0.717) is 0 Å². The van der Waals surface area contributed by atoms with Gasteiger partial charge in [-0.05, 0) is 95.0 Å². The molecule has 11 heteroatoms. The highest BCUT2D eigenvalue weighted by atomic mass is 32.1. The third kappa shape index (κ3) is 14.7. The van der Waals surface area contributed by atoms with Gasteiger partial charge in [0.15, 0.2) is 5.82 Å². The van der Waals surface area contributed by atoms with E-state index in [1.165, 1.54) is 33.0 Å². The number of aromatic nitrogens is 7. The number of aliphatic hydroxyl groups is 1. The fraction of sp³-hybridized carbons (Fsp3) is 0.329. The summed E-state index contributed by atoms with van der Waals surface area (Å²) in [5.74, 6) is 1.64. The molecule has 1 N–H and O–H groups in total. The molecule has 10 nitrogen and oxygen atoms in total. The Kier molecular flexibility index (Phi) is 19.2. The summed E-state index contributed by atoms with van der Waals surface area (Å²) >= 11 is 1.60. The SMILES string of the molecule is C.CC(C)(C)c1cc(-c2ccccc2)nc2cc(CO)ccc12.CC(C)(C)c1cc(-c2cscn2)nc2ccccc12.CC(C)(C)c1nc(-c2ccccc2)nc2ccccc12.Cc1cc2nc(N3CCOCC3)nc(C(C)(C)C)c2cc1C. The highest BCUT2D eigenvalue weighted by molar-refractivity contribution is 7.07. The first kappa shape index (κ1) is 62.2. The maximum atomic E-state index is 9.38. The molecule has 0 unspecified atom stereocenters. The number of anilines is 1. The summed E-state index contributed by atoms with van der Waals surface area (Å²) in [6.07, 6.45) is 0. The second kappa shape index (κ2) is 26.0. The van der Waals surface area contributed by atoms with Crippen LogP contribution in [0.25, 0.3) is 77.6 Å². The van der Waals surface area contributed by atoms with E-state index in [1.54, 1.807) is 11.3 Å². The zero-order chi connectivity index (χ0) is 59.3. The number of rotatable bonds is 5. The Morgan fingerprint density at radius 2 is 0.976 bits per heavy atom. The lowest BCUT2D eigenvalue weighted by atomic mass is 9.83. The summed E-state index contributed by atoms with van der Waals surface area (Å²) in [4.78, 5) is 35.5. The summed E-state index contributed by atoms with van der Waals surface area (Å²) in [5.41, 5.74) is 19.4. The largest absolute Gasteiger partial charge is 0.392 e. The molecule has 84 heavy (non-hydrogen) atoms. The van der Waals surface area contributed by atoms with E-state index in [1.807, 2.05) is 77.6 Å². The van der Waals surface area contributed by atoms with Gasteiger partial charge in [-0.3, -0.25) is 0 Å². The maximum Gasteiger partial charge on any atom is 0.226 e. The Morgan fingerprint density at radius 1 is 0.464 bits per heavy atom. The molecule has 0 bridgehead atoms. The molecular formula is C73H84N8O2S. The lowest BCUT2D eigenvalue weighted by molar-refractivity contribution is 0.122. The van der Waals surface area contributed by atoms with E-state index in [-0.39, 0.29) is 35.7 Å². The fourth-order valence-corrected chi connectivity index (χ4v) is 10.8. The van der Waals surface area contributed by atoms with Crippen molar-refractivity contribution >= 4 is 60.9 Å². The Labute approximate surface area is 502 Å². The molecule has 434 valence electrons. The number of pyridine rings is 2. The molecule has 1 saturated heterocycles. The van der Waals surface area contributed by atoms with E-state index in [4.69, 9.17) is 34.6 Å². The number of aryl methyl sites for hydroxylation is 2. The summed E-state index contributed by atoms with van der Waals surface area (Å²) < 4.78 is 5.44. The van der Waals surface area contributed by atoms with Crippen LogP contribution in [-0.2, 0) is 33.0 Å². The van der Waals surface area contributed by atoms with Crippen molar-refractivity contribution < 1.29 is 9.84 Å². The first-order valence-electron chi connectivity index (χ1n) is 28.8. The van der Waals surface area contributed by atoms with E-state index in [2.05, 4.69) is 192 Å². The number of hydrogen-bond acceptors (Lipinski definition) is 11. The normalized spacial score (nSPS) is 12.9. The molecular weight excluding hydrogens is 1050 g/mol. The predicted octanol–water partition coefficient (Wildman–Crippen LogP) is 18.0. The van der Waals surface area contributed by atoms with Crippen molar-refractivity contribution in [3.63, 3.8) is 0 Å². The van der Waals surface area contributed by atoms with Crippen LogP contribution in [0.5, 0.6) is 0 Å². The van der Waals surface area contributed by atoms with Gasteiger partial charge in [-0.25, -0.2) is 34.9 Å². The van der Waals surface area contributed by atoms with Crippen LogP contribution < -0.4 is 4.90 Å². The van der Waals surface area contributed by atoms with Gasteiger partial charge < -0.3 is 14.7 Å². The Morgan fingerprint density at radius 3 is 1.56 bits per heavy atom. The number of nitrogens with zero attached hydrogens (tertiary/aromatic N) is 8. The number of ether oxygens (including phenoxy) is 1. The zero-order valence-corrected chi connectivity index (χ0v) is 51.8. The fourth-order valence-electron chi connectivity index (χ4n) is 10.2. The second-order valence-electron chi connectivity index (χ2n) is 25.6. The zero-order valence-electron chi connectivity index (χ0n) is 51.0. The first-order valence-corrected chi connectivity index (χ1v) is 29.7. The van der Waals surface area contributed by atoms with Crippen molar-refractivity contribution in [2.75, 3.05) is 31.2 Å². The van der Waals surface area contributed by atoms with Gasteiger partial charge in [0.25, 0.3) is 0 Å². The average molecular weight is 1140 g/mol. The van der Waals surface area contributed by atoms with Gasteiger partial charge in [0.2, 0.25) is 5.95 Å². The van der Waals surface area contributed by atoms with E-state index in [0.717, 1.165) is 116 Å². The van der Waals surface area contributed by atoms with Gasteiger partial charge in [0.05, 0.1) is 75.9 Å². The van der Waals surface area contributed by atoms with Gasteiger partial charge in [0.1, 0.15) is 0 Å². The smallest absolute Gasteiger partial charge is 0.226 e. The van der Waals surface area contributed by atoms with Crippen LogP contribution in [0.4, 0.5) is 5.95 Å². The summed E-state index contributed by atoms with van der Waals surface area (Å²) in [6.45, 7) is 34.1. The van der Waals surface area contributed by atoms with Crippen LogP contribution in [0, 0.1) is 13.8 Å². The number of morpholine rings is 1. The molecule has 0 saturated carbocycles. The third-order valence-electron chi connectivity index (χ3n) is 14.8. The molecule has 12 rings (SSSR count). The monoisotopic (exact) mass is 1140 g/mol. The predicted molar refractivity (Wildman–Crippen MR) is 355 cm³/mol. The van der Waals surface area contributed by atoms with Crippen LogP contribution in [0.3, 0.4) is 0 Å². The molecule has 1 aliphatic heterocycles. The van der Waals surface area contributed by atoms with Crippen LogP contribution in [0.1, 0.15) is 130 Å². The minimum atomic E-state index is -0.01000. The van der Waals surface area contributed by atoms with Crippen molar-refractivity contribution in [2.24, 2.45) is 0 Å². The van der Waals surface area contributed by atoms with Gasteiger partial charge in [-0.2, -0.15) is 0 Å². The van der Waals surface area contributed by atoms with Crippen LogP contribution in [-0.4, -0.2) is 66.3 Å².